The van der Waals surface area contributed by atoms with Crippen LogP contribution >= 0.6 is 0 Å². The standard InChI is InChI=1S/C13H24O/c1-4-12(5-2)10-7-8-11(9-10)13(12,14)6-3/h10-11,14H,4-9H2,1-3H3. The van der Waals surface area contributed by atoms with Crippen LogP contribution in [0.25, 0.3) is 0 Å². The topological polar surface area (TPSA) is 20.2 Å². The third kappa shape index (κ3) is 0.946. The average molecular weight is 196 g/mol. The molecule has 2 bridgehead atoms. The van der Waals surface area contributed by atoms with E-state index < -0.39 is 0 Å². The lowest BCUT2D eigenvalue weighted by Gasteiger charge is -2.49. The smallest absolute Gasteiger partial charge is 0.0731 e. The Balaban J connectivity index is 2.38. The van der Waals surface area contributed by atoms with Crippen LogP contribution in [-0.4, -0.2) is 10.7 Å². The van der Waals surface area contributed by atoms with Crippen molar-refractivity contribution in [1.29, 1.82) is 0 Å². The van der Waals surface area contributed by atoms with Gasteiger partial charge in [0.05, 0.1) is 5.60 Å². The Labute approximate surface area is 87.9 Å². The van der Waals surface area contributed by atoms with Crippen molar-refractivity contribution in [1.82, 2.24) is 0 Å². The number of hydrogen-bond acceptors (Lipinski definition) is 1. The van der Waals surface area contributed by atoms with Crippen molar-refractivity contribution in [2.45, 2.75) is 64.9 Å². The van der Waals surface area contributed by atoms with Crippen LogP contribution in [0, 0.1) is 17.3 Å². The second kappa shape index (κ2) is 3.23. The Morgan fingerprint density at radius 3 is 2.00 bits per heavy atom. The van der Waals surface area contributed by atoms with Crippen LogP contribution in [0.15, 0.2) is 0 Å². The molecular formula is C13H24O. The lowest BCUT2D eigenvalue weighted by atomic mass is 9.59. The van der Waals surface area contributed by atoms with Gasteiger partial charge in [-0.3, -0.25) is 0 Å². The highest BCUT2D eigenvalue weighted by Crippen LogP contribution is 2.65. The normalized spacial score (nSPS) is 44.6. The molecule has 0 spiro atoms. The molecule has 0 aromatic carbocycles. The van der Waals surface area contributed by atoms with Crippen LogP contribution in [0.1, 0.15) is 59.3 Å². The summed E-state index contributed by atoms with van der Waals surface area (Å²) in [5, 5.41) is 10.9. The zero-order chi connectivity index (χ0) is 10.4. The summed E-state index contributed by atoms with van der Waals surface area (Å²) in [6.07, 6.45) is 7.22. The minimum atomic E-state index is -0.334. The highest BCUT2D eigenvalue weighted by molar-refractivity contribution is 5.13. The monoisotopic (exact) mass is 196 g/mol. The second-order valence-corrected chi connectivity index (χ2v) is 5.35. The Morgan fingerprint density at radius 1 is 1.00 bits per heavy atom. The van der Waals surface area contributed by atoms with E-state index in [9.17, 15) is 5.11 Å². The first kappa shape index (κ1) is 10.5. The molecule has 0 aromatic heterocycles. The van der Waals surface area contributed by atoms with Gasteiger partial charge in [-0.05, 0) is 50.4 Å². The van der Waals surface area contributed by atoms with Gasteiger partial charge >= 0.3 is 0 Å². The van der Waals surface area contributed by atoms with Crippen molar-refractivity contribution in [3.8, 4) is 0 Å². The molecule has 0 amide bonds. The van der Waals surface area contributed by atoms with Gasteiger partial charge in [0.1, 0.15) is 0 Å². The van der Waals surface area contributed by atoms with Gasteiger partial charge in [-0.25, -0.2) is 0 Å². The van der Waals surface area contributed by atoms with Crippen molar-refractivity contribution < 1.29 is 5.11 Å². The average Bonchev–Trinajstić information content (AvgIpc) is 2.77. The van der Waals surface area contributed by atoms with Crippen LogP contribution in [0.2, 0.25) is 0 Å². The molecule has 1 heteroatoms. The second-order valence-electron chi connectivity index (χ2n) is 5.35. The predicted octanol–water partition coefficient (Wildman–Crippen LogP) is 3.36. The SMILES string of the molecule is CCC1(O)C2CCC(C2)C1(CC)CC. The van der Waals surface area contributed by atoms with Crippen LogP contribution in [0.3, 0.4) is 0 Å². The Hall–Kier alpha value is -0.0400. The summed E-state index contributed by atoms with van der Waals surface area (Å²) in [6.45, 7) is 6.70. The maximum Gasteiger partial charge on any atom is 0.0731 e. The summed E-state index contributed by atoms with van der Waals surface area (Å²) in [4.78, 5) is 0. The van der Waals surface area contributed by atoms with Gasteiger partial charge in [0.25, 0.3) is 0 Å². The zero-order valence-electron chi connectivity index (χ0n) is 9.84. The first-order valence-electron chi connectivity index (χ1n) is 6.37. The first-order valence-corrected chi connectivity index (χ1v) is 6.37. The Bertz CT molecular complexity index is 219. The molecule has 0 aliphatic heterocycles. The Morgan fingerprint density at radius 2 is 1.57 bits per heavy atom. The van der Waals surface area contributed by atoms with Gasteiger partial charge in [-0.2, -0.15) is 0 Å². The van der Waals surface area contributed by atoms with E-state index in [2.05, 4.69) is 20.8 Å². The van der Waals surface area contributed by atoms with Gasteiger partial charge in [0.15, 0.2) is 0 Å². The molecule has 0 radical (unpaired) electrons. The molecule has 0 saturated heterocycles. The van der Waals surface area contributed by atoms with E-state index in [1.54, 1.807) is 0 Å². The quantitative estimate of drug-likeness (QED) is 0.734. The number of fused-ring (bicyclic) bond motifs is 2. The highest BCUT2D eigenvalue weighted by atomic mass is 16.3. The van der Waals surface area contributed by atoms with E-state index >= 15 is 0 Å². The van der Waals surface area contributed by atoms with E-state index in [0.717, 1.165) is 25.2 Å². The first-order chi connectivity index (χ1) is 6.64. The van der Waals surface area contributed by atoms with E-state index in [1.165, 1.54) is 19.3 Å². The fraction of sp³-hybridized carbons (Fsp3) is 1.00. The van der Waals surface area contributed by atoms with E-state index in [1.807, 2.05) is 0 Å². The molecule has 3 unspecified atom stereocenters. The third-order valence-corrected chi connectivity index (χ3v) is 5.55. The maximum atomic E-state index is 10.9. The molecular weight excluding hydrogens is 172 g/mol. The third-order valence-electron chi connectivity index (χ3n) is 5.55. The molecule has 82 valence electrons. The van der Waals surface area contributed by atoms with E-state index in [-0.39, 0.29) is 11.0 Å². The molecule has 2 saturated carbocycles. The largest absolute Gasteiger partial charge is 0.389 e. The molecule has 0 aromatic rings. The fourth-order valence-electron chi connectivity index (χ4n) is 4.76. The van der Waals surface area contributed by atoms with Crippen LogP contribution in [0.4, 0.5) is 0 Å². The van der Waals surface area contributed by atoms with Crippen LogP contribution in [0.5, 0.6) is 0 Å². The van der Waals surface area contributed by atoms with Gasteiger partial charge in [0.2, 0.25) is 0 Å². The maximum absolute atomic E-state index is 10.9. The zero-order valence-corrected chi connectivity index (χ0v) is 9.84. The minimum Gasteiger partial charge on any atom is -0.389 e. The molecule has 1 N–H and O–H groups in total. The number of rotatable bonds is 3. The van der Waals surface area contributed by atoms with Crippen molar-refractivity contribution in [2.75, 3.05) is 0 Å². The van der Waals surface area contributed by atoms with Gasteiger partial charge in [0, 0.05) is 5.41 Å². The predicted molar refractivity (Wildman–Crippen MR) is 59.1 cm³/mol. The molecule has 0 heterocycles. The Kier molecular flexibility index (Phi) is 2.42. The number of aliphatic hydroxyl groups is 1. The summed E-state index contributed by atoms with van der Waals surface area (Å²) in [7, 11) is 0. The lowest BCUT2D eigenvalue weighted by molar-refractivity contribution is -0.130. The fourth-order valence-corrected chi connectivity index (χ4v) is 4.76. The summed E-state index contributed by atoms with van der Waals surface area (Å²) in [6, 6.07) is 0. The minimum absolute atomic E-state index is 0.255. The molecule has 2 fully saturated rings. The molecule has 2 rings (SSSR count). The summed E-state index contributed by atoms with van der Waals surface area (Å²) in [5.41, 5.74) is -0.0793. The summed E-state index contributed by atoms with van der Waals surface area (Å²) in [5.74, 6) is 1.42. The number of hydrogen-bond donors (Lipinski definition) is 1. The summed E-state index contributed by atoms with van der Waals surface area (Å²) >= 11 is 0. The van der Waals surface area contributed by atoms with E-state index in [4.69, 9.17) is 0 Å². The molecule has 3 atom stereocenters. The van der Waals surface area contributed by atoms with Gasteiger partial charge < -0.3 is 5.11 Å². The van der Waals surface area contributed by atoms with Gasteiger partial charge in [-0.1, -0.05) is 20.8 Å². The highest BCUT2D eigenvalue weighted by Gasteiger charge is 2.63. The van der Waals surface area contributed by atoms with Crippen LogP contribution < -0.4 is 0 Å². The van der Waals surface area contributed by atoms with Crippen molar-refractivity contribution in [3.63, 3.8) is 0 Å². The molecule has 2 aliphatic carbocycles. The molecule has 14 heavy (non-hydrogen) atoms. The molecule has 2 aliphatic rings. The van der Waals surface area contributed by atoms with Gasteiger partial charge in [-0.15, -0.1) is 0 Å². The van der Waals surface area contributed by atoms with Crippen LogP contribution in [-0.2, 0) is 0 Å². The molecule has 1 nitrogen and oxygen atoms in total. The lowest BCUT2D eigenvalue weighted by Crippen LogP contribution is -2.51. The van der Waals surface area contributed by atoms with Crippen molar-refractivity contribution in [3.05, 3.63) is 0 Å². The van der Waals surface area contributed by atoms with Crippen molar-refractivity contribution >= 4 is 0 Å². The van der Waals surface area contributed by atoms with E-state index in [0.29, 0.717) is 5.92 Å². The summed E-state index contributed by atoms with van der Waals surface area (Å²) < 4.78 is 0. The van der Waals surface area contributed by atoms with Crippen molar-refractivity contribution in [2.24, 2.45) is 17.3 Å².